The second-order valence-corrected chi connectivity index (χ2v) is 5.01. The van der Waals surface area contributed by atoms with E-state index in [0.29, 0.717) is 12.5 Å². The maximum absolute atomic E-state index is 12.0. The Hall–Kier alpha value is -1.42. The highest BCUT2D eigenvalue weighted by atomic mass is 16.2. The first-order chi connectivity index (χ1) is 8.01. The highest BCUT2D eigenvalue weighted by molar-refractivity contribution is 5.86. The second-order valence-electron chi connectivity index (χ2n) is 5.01. The van der Waals surface area contributed by atoms with Crippen LogP contribution in [0.25, 0.3) is 0 Å². The van der Waals surface area contributed by atoms with Gasteiger partial charge in [-0.25, -0.2) is 0 Å². The van der Waals surface area contributed by atoms with Crippen LogP contribution in [-0.4, -0.2) is 16.4 Å². The Bertz CT molecular complexity index is 424. The molecule has 0 spiro atoms. The Kier molecular flexibility index (Phi) is 3.15. The van der Waals surface area contributed by atoms with Crippen molar-refractivity contribution in [1.29, 1.82) is 0 Å². The lowest BCUT2D eigenvalue weighted by Gasteiger charge is -2.23. The van der Waals surface area contributed by atoms with Crippen molar-refractivity contribution in [2.45, 2.75) is 38.8 Å². The van der Waals surface area contributed by atoms with Gasteiger partial charge in [-0.3, -0.25) is 9.78 Å². The molecule has 1 saturated carbocycles. The van der Waals surface area contributed by atoms with E-state index in [0.717, 1.165) is 24.1 Å². The fourth-order valence-corrected chi connectivity index (χ4v) is 1.93. The Morgan fingerprint density at radius 1 is 1.65 bits per heavy atom. The van der Waals surface area contributed by atoms with E-state index in [-0.39, 0.29) is 5.91 Å². The Morgan fingerprint density at radius 3 is 2.94 bits per heavy atom. The highest BCUT2D eigenvalue weighted by Crippen LogP contribution is 2.38. The largest absolute Gasteiger partial charge is 0.349 e. The van der Waals surface area contributed by atoms with E-state index in [1.54, 1.807) is 6.20 Å². The molecule has 0 aliphatic heterocycles. The molecule has 2 rings (SSSR count). The Labute approximate surface area is 102 Å². The van der Waals surface area contributed by atoms with Crippen molar-refractivity contribution in [2.75, 3.05) is 0 Å². The summed E-state index contributed by atoms with van der Waals surface area (Å²) in [5.74, 6) is 0.261. The molecule has 92 valence electrons. The van der Waals surface area contributed by atoms with Gasteiger partial charge in [0.1, 0.15) is 0 Å². The lowest BCUT2D eigenvalue weighted by molar-refractivity contribution is -0.126. The van der Waals surface area contributed by atoms with Crippen LogP contribution in [-0.2, 0) is 11.3 Å². The molecule has 4 heteroatoms. The third-order valence-corrected chi connectivity index (χ3v) is 3.45. The summed E-state index contributed by atoms with van der Waals surface area (Å²) in [6.07, 6.45) is 3.85. The molecule has 1 aliphatic carbocycles. The summed E-state index contributed by atoms with van der Waals surface area (Å²) in [6, 6.07) is 3.87. The smallest absolute Gasteiger partial charge is 0.240 e. The van der Waals surface area contributed by atoms with Crippen LogP contribution in [0.4, 0.5) is 0 Å². The molecule has 1 atom stereocenters. The lowest BCUT2D eigenvalue weighted by atomic mass is 9.96. The molecule has 3 N–H and O–H groups in total. The molecule has 0 saturated heterocycles. The lowest BCUT2D eigenvalue weighted by Crippen LogP contribution is -2.53. The summed E-state index contributed by atoms with van der Waals surface area (Å²) in [4.78, 5) is 16.2. The number of nitrogens with zero attached hydrogens (tertiary/aromatic N) is 1. The van der Waals surface area contributed by atoms with Gasteiger partial charge in [0.15, 0.2) is 0 Å². The second kappa shape index (κ2) is 4.45. The van der Waals surface area contributed by atoms with Gasteiger partial charge in [0.25, 0.3) is 0 Å². The van der Waals surface area contributed by atoms with Gasteiger partial charge in [-0.2, -0.15) is 0 Å². The number of rotatable bonds is 4. The molecule has 17 heavy (non-hydrogen) atoms. The van der Waals surface area contributed by atoms with Crippen molar-refractivity contribution in [2.24, 2.45) is 11.7 Å². The number of aromatic nitrogens is 1. The normalized spacial score (nSPS) is 18.5. The number of nitrogens with two attached hydrogens (primary N) is 1. The molecule has 1 amide bonds. The highest BCUT2D eigenvalue weighted by Gasteiger charge is 2.43. The molecule has 1 aromatic heterocycles. The summed E-state index contributed by atoms with van der Waals surface area (Å²) in [5, 5.41) is 2.87. The van der Waals surface area contributed by atoms with Crippen LogP contribution in [0.5, 0.6) is 0 Å². The molecule has 0 bridgehead atoms. The molecule has 1 aromatic rings. The number of pyridine rings is 1. The van der Waals surface area contributed by atoms with Gasteiger partial charge in [0.05, 0.1) is 17.8 Å². The first-order valence-corrected chi connectivity index (χ1v) is 5.99. The van der Waals surface area contributed by atoms with Crippen LogP contribution in [0.3, 0.4) is 0 Å². The van der Waals surface area contributed by atoms with Gasteiger partial charge in [-0.1, -0.05) is 6.07 Å². The number of carbonyl (C=O) groups is 1. The minimum absolute atomic E-state index is 0.0787. The van der Waals surface area contributed by atoms with Gasteiger partial charge < -0.3 is 11.1 Å². The van der Waals surface area contributed by atoms with Crippen molar-refractivity contribution in [3.63, 3.8) is 0 Å². The van der Waals surface area contributed by atoms with Crippen LogP contribution < -0.4 is 11.1 Å². The van der Waals surface area contributed by atoms with E-state index in [2.05, 4.69) is 10.3 Å². The monoisotopic (exact) mass is 233 g/mol. The topological polar surface area (TPSA) is 68.0 Å². The van der Waals surface area contributed by atoms with Crippen molar-refractivity contribution in [3.8, 4) is 0 Å². The fraction of sp³-hybridized carbons (Fsp3) is 0.538. The summed E-state index contributed by atoms with van der Waals surface area (Å²) in [5.41, 5.74) is 7.28. The number of nitrogens with one attached hydrogen (secondary N) is 1. The number of amides is 1. The predicted molar refractivity (Wildman–Crippen MR) is 66.1 cm³/mol. The maximum Gasteiger partial charge on any atom is 0.240 e. The predicted octanol–water partition coefficient (Wildman–Crippen LogP) is 1.13. The molecule has 0 aromatic carbocycles. The fourth-order valence-electron chi connectivity index (χ4n) is 1.93. The van der Waals surface area contributed by atoms with Crippen LogP contribution in [0.2, 0.25) is 0 Å². The zero-order valence-corrected chi connectivity index (χ0v) is 10.4. The number of carbonyl (C=O) groups excluding carboxylic acids is 1. The zero-order valence-electron chi connectivity index (χ0n) is 10.4. The minimum atomic E-state index is -0.733. The number of aryl methyl sites for hydroxylation is 1. The molecule has 1 aliphatic rings. The zero-order chi connectivity index (χ0) is 12.5. The molecular formula is C13H19N3O. The van der Waals surface area contributed by atoms with Crippen LogP contribution in [0.1, 0.15) is 31.0 Å². The minimum Gasteiger partial charge on any atom is -0.349 e. The van der Waals surface area contributed by atoms with E-state index < -0.39 is 5.54 Å². The van der Waals surface area contributed by atoms with Crippen molar-refractivity contribution >= 4 is 5.91 Å². The van der Waals surface area contributed by atoms with Crippen LogP contribution in [0, 0.1) is 12.8 Å². The first kappa shape index (κ1) is 12.0. The third kappa shape index (κ3) is 2.64. The van der Waals surface area contributed by atoms with Gasteiger partial charge >= 0.3 is 0 Å². The van der Waals surface area contributed by atoms with Gasteiger partial charge in [0.2, 0.25) is 5.91 Å². The first-order valence-electron chi connectivity index (χ1n) is 5.99. The van der Waals surface area contributed by atoms with Crippen LogP contribution >= 0.6 is 0 Å². The van der Waals surface area contributed by atoms with Crippen molar-refractivity contribution in [1.82, 2.24) is 10.3 Å². The Morgan fingerprint density at radius 2 is 2.35 bits per heavy atom. The average molecular weight is 233 g/mol. The van der Waals surface area contributed by atoms with Gasteiger partial charge in [0, 0.05) is 6.20 Å². The molecular weight excluding hydrogens is 214 g/mol. The summed E-state index contributed by atoms with van der Waals surface area (Å²) in [6.45, 7) is 4.24. The number of hydrogen-bond donors (Lipinski definition) is 2. The van der Waals surface area contributed by atoms with Crippen LogP contribution in [0.15, 0.2) is 18.3 Å². The standard InChI is InChI=1S/C13H19N3O/c1-9-4-3-7-15-11(9)8-16-12(17)13(2,14)10-5-6-10/h3-4,7,10H,5-6,8,14H2,1-2H3,(H,16,17). The average Bonchev–Trinajstić information content (AvgIpc) is 3.11. The summed E-state index contributed by atoms with van der Waals surface area (Å²) < 4.78 is 0. The molecule has 4 nitrogen and oxygen atoms in total. The van der Waals surface area contributed by atoms with Crippen molar-refractivity contribution in [3.05, 3.63) is 29.6 Å². The quantitative estimate of drug-likeness (QED) is 0.819. The van der Waals surface area contributed by atoms with Gasteiger partial charge in [-0.15, -0.1) is 0 Å². The summed E-state index contributed by atoms with van der Waals surface area (Å²) >= 11 is 0. The Balaban J connectivity index is 1.94. The molecule has 0 radical (unpaired) electrons. The van der Waals surface area contributed by atoms with E-state index in [9.17, 15) is 4.79 Å². The van der Waals surface area contributed by atoms with E-state index in [1.165, 1.54) is 0 Å². The van der Waals surface area contributed by atoms with E-state index in [4.69, 9.17) is 5.73 Å². The number of hydrogen-bond acceptors (Lipinski definition) is 3. The maximum atomic E-state index is 12.0. The third-order valence-electron chi connectivity index (χ3n) is 3.45. The SMILES string of the molecule is Cc1cccnc1CNC(=O)C(C)(N)C1CC1. The molecule has 1 heterocycles. The van der Waals surface area contributed by atoms with Crippen molar-refractivity contribution < 1.29 is 4.79 Å². The van der Waals surface area contributed by atoms with Gasteiger partial charge in [-0.05, 0) is 44.2 Å². The van der Waals surface area contributed by atoms with E-state index >= 15 is 0 Å². The van der Waals surface area contributed by atoms with E-state index in [1.807, 2.05) is 26.0 Å². The molecule has 1 fully saturated rings. The summed E-state index contributed by atoms with van der Waals surface area (Å²) in [7, 11) is 0. The molecule has 1 unspecified atom stereocenters.